The second kappa shape index (κ2) is 18.7. The Balaban J connectivity index is 0.995. The normalized spacial score (nSPS) is 16.9. The molecule has 1 unspecified atom stereocenters. The summed E-state index contributed by atoms with van der Waals surface area (Å²) in [4.78, 5) is 40.5. The smallest absolute Gasteiger partial charge is 0.323 e. The van der Waals surface area contributed by atoms with E-state index >= 15 is 0 Å². The lowest BCUT2D eigenvalue weighted by Gasteiger charge is -2.34. The predicted molar refractivity (Wildman–Crippen MR) is 213 cm³/mol. The molecule has 2 fully saturated rings. The molecule has 1 aromatic heterocycles. The van der Waals surface area contributed by atoms with Crippen molar-refractivity contribution in [2.24, 2.45) is 0 Å². The summed E-state index contributed by atoms with van der Waals surface area (Å²) in [5, 5.41) is 12.4. The second-order valence-electron chi connectivity index (χ2n) is 13.6. The van der Waals surface area contributed by atoms with E-state index in [0.717, 1.165) is 85.8 Å². The van der Waals surface area contributed by atoms with Gasteiger partial charge in [-0.05, 0) is 94.3 Å². The first kappa shape index (κ1) is 39.2. The molecule has 0 aliphatic carbocycles. The van der Waals surface area contributed by atoms with Gasteiger partial charge in [0, 0.05) is 62.7 Å². The molecule has 54 heavy (non-hydrogen) atoms. The van der Waals surface area contributed by atoms with Gasteiger partial charge in [0.05, 0.1) is 42.3 Å². The molecule has 0 spiro atoms. The lowest BCUT2D eigenvalue weighted by atomic mass is 10.1. The third-order valence-electron chi connectivity index (χ3n) is 10.0. The third kappa shape index (κ3) is 9.39. The number of amides is 1. The monoisotopic (exact) mass is 760 g/mol. The Morgan fingerprint density at radius 2 is 1.74 bits per heavy atom. The molecule has 2 atom stereocenters. The highest BCUT2D eigenvalue weighted by molar-refractivity contribution is 7.99. The summed E-state index contributed by atoms with van der Waals surface area (Å²) in [6.45, 7) is 9.94. The number of piperazine rings is 1. The topological polar surface area (TPSA) is 136 Å². The van der Waals surface area contributed by atoms with E-state index < -0.39 is 10.8 Å². The highest BCUT2D eigenvalue weighted by Gasteiger charge is 2.39. The number of thioether (sulfide) groups is 1. The van der Waals surface area contributed by atoms with Crippen LogP contribution in [0.5, 0.6) is 17.2 Å². The molecule has 2 saturated heterocycles. The zero-order valence-corrected chi connectivity index (χ0v) is 32.6. The molecule has 1 amide bonds. The number of nitrogens with one attached hydrogen (secondary N) is 1. The van der Waals surface area contributed by atoms with Crippen LogP contribution in [-0.4, -0.2) is 115 Å². The van der Waals surface area contributed by atoms with Crippen molar-refractivity contribution in [1.29, 1.82) is 0 Å². The van der Waals surface area contributed by atoms with Crippen molar-refractivity contribution in [3.63, 3.8) is 0 Å². The maximum atomic E-state index is 13.9. The maximum Gasteiger partial charge on any atom is 0.323 e. The molecule has 4 aromatic rings. The van der Waals surface area contributed by atoms with Crippen LogP contribution >= 0.6 is 11.8 Å². The van der Waals surface area contributed by atoms with Gasteiger partial charge in [-0.15, -0.1) is 11.8 Å². The number of benzene rings is 3. The number of methoxy groups -OCH3 is 1. The van der Waals surface area contributed by atoms with E-state index in [1.807, 2.05) is 38.1 Å². The van der Waals surface area contributed by atoms with Crippen molar-refractivity contribution in [2.75, 3.05) is 77.4 Å². The predicted octanol–water partition coefficient (Wildman–Crippen LogP) is 7.25. The average molecular weight is 761 g/mol. The Hall–Kier alpha value is -4.53. The van der Waals surface area contributed by atoms with Gasteiger partial charge in [-0.2, -0.15) is 0 Å². The molecule has 6 rings (SSSR count). The molecule has 2 aliphatic rings. The van der Waals surface area contributed by atoms with Crippen molar-refractivity contribution >= 4 is 40.1 Å². The number of hydrogen-bond acceptors (Lipinski definition) is 11. The highest BCUT2D eigenvalue weighted by atomic mass is 32.2. The van der Waals surface area contributed by atoms with Gasteiger partial charge in [0.15, 0.2) is 0 Å². The van der Waals surface area contributed by atoms with Crippen molar-refractivity contribution in [2.45, 2.75) is 57.4 Å². The van der Waals surface area contributed by atoms with Gasteiger partial charge in [0.2, 0.25) is 5.75 Å². The van der Waals surface area contributed by atoms with Gasteiger partial charge in [-0.3, -0.25) is 14.9 Å². The summed E-state index contributed by atoms with van der Waals surface area (Å²) in [5.74, 6) is 2.37. The Kier molecular flexibility index (Phi) is 13.5. The SMILES string of the molecule is CCOC(SCC)[C@@H]1CCCN1C(=O)c1cc(OC)cc(OCCCCCOc2ccc(-c3nc4ccc(N5CCN(C)CC5)cc4[nH]3)cc2)c1[N+](=O)[O-]. The van der Waals surface area contributed by atoms with Crippen molar-refractivity contribution < 1.29 is 28.7 Å². The van der Waals surface area contributed by atoms with E-state index in [2.05, 4.69) is 40.0 Å². The lowest BCUT2D eigenvalue weighted by Crippen LogP contribution is -2.44. The molecule has 13 nitrogen and oxygen atoms in total. The average Bonchev–Trinajstić information content (AvgIpc) is 3.85. The van der Waals surface area contributed by atoms with Crippen molar-refractivity contribution in [3.05, 3.63) is 70.3 Å². The minimum atomic E-state index is -0.535. The zero-order valence-electron chi connectivity index (χ0n) is 31.8. The number of fused-ring (bicyclic) bond motifs is 1. The molecule has 14 heteroatoms. The summed E-state index contributed by atoms with van der Waals surface area (Å²) in [5.41, 5.74) is 3.59. The number of unbranched alkanes of at least 4 members (excludes halogenated alkanes) is 2. The molecule has 0 saturated carbocycles. The number of nitro groups is 1. The number of nitrogens with zero attached hydrogens (tertiary/aromatic N) is 5. The van der Waals surface area contributed by atoms with E-state index in [0.29, 0.717) is 31.9 Å². The second-order valence-corrected chi connectivity index (χ2v) is 15.0. The number of H-pyrrole nitrogens is 1. The number of ether oxygens (including phenoxy) is 4. The number of nitro benzene ring substituents is 1. The van der Waals surface area contributed by atoms with Crippen LogP contribution in [0.2, 0.25) is 0 Å². The van der Waals surface area contributed by atoms with Gasteiger partial charge >= 0.3 is 5.69 Å². The summed E-state index contributed by atoms with van der Waals surface area (Å²) in [7, 11) is 3.63. The summed E-state index contributed by atoms with van der Waals surface area (Å²) < 4.78 is 23.4. The molecule has 0 radical (unpaired) electrons. The fourth-order valence-electron chi connectivity index (χ4n) is 7.10. The molecule has 1 N–H and O–H groups in total. The Morgan fingerprint density at radius 1 is 0.981 bits per heavy atom. The largest absolute Gasteiger partial charge is 0.497 e. The van der Waals surface area contributed by atoms with E-state index in [1.165, 1.54) is 24.9 Å². The number of anilines is 1. The molecule has 3 heterocycles. The molecule has 290 valence electrons. The molecule has 3 aromatic carbocycles. The van der Waals surface area contributed by atoms with Crippen LogP contribution in [0.1, 0.15) is 56.3 Å². The van der Waals surface area contributed by atoms with Gasteiger partial charge in [0.25, 0.3) is 5.91 Å². The van der Waals surface area contributed by atoms with Gasteiger partial charge in [-0.1, -0.05) is 6.92 Å². The van der Waals surface area contributed by atoms with E-state index in [9.17, 15) is 14.9 Å². The number of rotatable bonds is 18. The van der Waals surface area contributed by atoms with Crippen molar-refractivity contribution in [1.82, 2.24) is 19.8 Å². The minimum Gasteiger partial charge on any atom is -0.497 e. The Morgan fingerprint density at radius 3 is 2.44 bits per heavy atom. The summed E-state index contributed by atoms with van der Waals surface area (Å²) in [6, 6.07) is 17.1. The summed E-state index contributed by atoms with van der Waals surface area (Å²) in [6.07, 6.45) is 3.81. The first-order valence-corrected chi connectivity index (χ1v) is 20.0. The summed E-state index contributed by atoms with van der Waals surface area (Å²) >= 11 is 1.64. The Labute approximate surface area is 321 Å². The lowest BCUT2D eigenvalue weighted by molar-refractivity contribution is -0.386. The number of carbonyl (C=O) groups is 1. The molecular formula is C40H52N6O7S. The third-order valence-corrected chi connectivity index (χ3v) is 11.1. The first-order valence-electron chi connectivity index (χ1n) is 19.0. The fraction of sp³-hybridized carbons (Fsp3) is 0.500. The van der Waals surface area contributed by atoms with Crippen LogP contribution in [0, 0.1) is 10.1 Å². The van der Waals surface area contributed by atoms with E-state index in [1.54, 1.807) is 16.7 Å². The Bertz CT molecular complexity index is 1860. The number of imidazole rings is 1. The number of likely N-dealkylation sites (N-methyl/N-ethyl adjacent to an activating group) is 1. The highest BCUT2D eigenvalue weighted by Crippen LogP contribution is 2.39. The van der Waals surface area contributed by atoms with E-state index in [-0.39, 0.29) is 35.1 Å². The number of hydrogen-bond donors (Lipinski definition) is 1. The number of aromatic nitrogens is 2. The molecule has 0 bridgehead atoms. The van der Waals surface area contributed by atoms with E-state index in [4.69, 9.17) is 23.9 Å². The molecule has 2 aliphatic heterocycles. The maximum absolute atomic E-state index is 13.9. The number of carbonyl (C=O) groups excluding carboxylic acids is 1. The zero-order chi connectivity index (χ0) is 38.0. The van der Waals surface area contributed by atoms with Crippen molar-refractivity contribution in [3.8, 4) is 28.6 Å². The number of likely N-dealkylation sites (tertiary alicyclic amines) is 1. The number of aromatic amines is 1. The first-order chi connectivity index (χ1) is 26.3. The van der Waals surface area contributed by atoms with Gasteiger partial charge < -0.3 is 38.6 Å². The van der Waals surface area contributed by atoms with Crippen LogP contribution in [0.15, 0.2) is 54.6 Å². The van der Waals surface area contributed by atoms with Crippen LogP contribution in [0.25, 0.3) is 22.4 Å². The van der Waals surface area contributed by atoms with Crippen LogP contribution in [0.3, 0.4) is 0 Å². The van der Waals surface area contributed by atoms with Crippen LogP contribution in [0.4, 0.5) is 11.4 Å². The van der Waals surface area contributed by atoms with Crippen LogP contribution < -0.4 is 19.1 Å². The van der Waals surface area contributed by atoms with Gasteiger partial charge in [0.1, 0.15) is 28.3 Å². The fourth-order valence-corrected chi connectivity index (χ4v) is 8.17. The minimum absolute atomic E-state index is 0.0269. The molecular weight excluding hydrogens is 709 g/mol. The van der Waals surface area contributed by atoms with Gasteiger partial charge in [-0.25, -0.2) is 4.98 Å². The quantitative estimate of drug-likeness (QED) is 0.0476. The standard InChI is InChI=1S/C40H52N6O7S/c1-5-51-40(54-6-2)35-11-10-18-45(35)39(47)32-26-31(50-4)27-36(37(32)46(48)49)53-24-9-7-8-23-52-30-15-12-28(13-16-30)38-41-33-17-14-29(25-34(33)42-38)44-21-19-43(3)20-22-44/h12-17,25-27,35,40H,5-11,18-24H2,1-4H3,(H,41,42)/t35-,40?/m0/s1. The van der Waals surface area contributed by atoms with Crippen LogP contribution in [-0.2, 0) is 4.74 Å².